The number of hydrogen-bond acceptors (Lipinski definition) is 4. The van der Waals surface area contributed by atoms with Gasteiger partial charge in [-0.05, 0) is 15.9 Å². The quantitative estimate of drug-likeness (QED) is 0.629. The van der Waals surface area contributed by atoms with Crippen molar-refractivity contribution in [2.75, 3.05) is 13.2 Å². The first kappa shape index (κ1) is 10.4. The van der Waals surface area contributed by atoms with E-state index in [9.17, 15) is 9.59 Å². The number of carbonyl (C=O) groups excluding carboxylic acids is 2. The lowest BCUT2D eigenvalue weighted by Crippen LogP contribution is -2.44. The molecule has 0 fully saturated rings. The van der Waals surface area contributed by atoms with Gasteiger partial charge in [-0.1, -0.05) is 0 Å². The molecule has 0 bridgehead atoms. The van der Waals surface area contributed by atoms with Crippen LogP contribution in [0.15, 0.2) is 10.6 Å². The maximum absolute atomic E-state index is 11.2. The Hall–Kier alpha value is -0.720. The number of nitrogens with zero attached hydrogens (tertiary/aromatic N) is 1. The number of imide groups is 1. The summed E-state index contributed by atoms with van der Waals surface area (Å²) in [5, 5.41) is 17.5. The van der Waals surface area contributed by atoms with Gasteiger partial charge in [-0.2, -0.15) is 0 Å². The summed E-state index contributed by atoms with van der Waals surface area (Å²) in [6.07, 6.45) is 1.11. The van der Waals surface area contributed by atoms with Gasteiger partial charge in [0.05, 0.1) is 23.7 Å². The Kier molecular flexibility index (Phi) is 3.18. The second kappa shape index (κ2) is 3.99. The Morgan fingerprint density at radius 3 is 2.23 bits per heavy atom. The Balaban J connectivity index is 2.83. The lowest BCUT2D eigenvalue weighted by Gasteiger charge is -2.22. The number of rotatable bonds is 3. The van der Waals surface area contributed by atoms with Crippen LogP contribution in [0.2, 0.25) is 0 Å². The van der Waals surface area contributed by atoms with E-state index in [-0.39, 0.29) is 4.48 Å². The van der Waals surface area contributed by atoms with E-state index in [1.54, 1.807) is 0 Å². The van der Waals surface area contributed by atoms with Crippen molar-refractivity contribution in [2.24, 2.45) is 0 Å². The van der Waals surface area contributed by atoms with E-state index in [4.69, 9.17) is 10.2 Å². The highest BCUT2D eigenvalue weighted by atomic mass is 79.9. The molecule has 0 aromatic rings. The van der Waals surface area contributed by atoms with Crippen LogP contribution < -0.4 is 0 Å². The van der Waals surface area contributed by atoms with E-state index in [2.05, 4.69) is 15.9 Å². The average molecular weight is 250 g/mol. The zero-order chi connectivity index (χ0) is 10.0. The Bertz CT molecular complexity index is 272. The van der Waals surface area contributed by atoms with Crippen molar-refractivity contribution in [1.82, 2.24) is 4.90 Å². The summed E-state index contributed by atoms with van der Waals surface area (Å²) in [6.45, 7) is -0.885. The fraction of sp³-hybridized carbons (Fsp3) is 0.429. The molecule has 2 N–H and O–H groups in total. The minimum absolute atomic E-state index is 0.143. The molecule has 1 aliphatic heterocycles. The van der Waals surface area contributed by atoms with Crippen LogP contribution in [0.1, 0.15) is 0 Å². The van der Waals surface area contributed by atoms with Crippen molar-refractivity contribution >= 4 is 27.7 Å². The van der Waals surface area contributed by atoms with E-state index in [1.165, 1.54) is 0 Å². The van der Waals surface area contributed by atoms with Crippen LogP contribution in [0.4, 0.5) is 0 Å². The third-order valence-electron chi connectivity index (χ3n) is 1.70. The topological polar surface area (TPSA) is 77.8 Å². The summed E-state index contributed by atoms with van der Waals surface area (Å²) >= 11 is 2.90. The molecule has 0 radical (unpaired) electrons. The molecule has 1 rings (SSSR count). The molecule has 1 heterocycles. The molecule has 1 aliphatic rings. The first-order chi connectivity index (χ1) is 6.11. The van der Waals surface area contributed by atoms with Crippen molar-refractivity contribution in [3.05, 3.63) is 10.6 Å². The molecule has 13 heavy (non-hydrogen) atoms. The van der Waals surface area contributed by atoms with Gasteiger partial charge in [0, 0.05) is 6.08 Å². The van der Waals surface area contributed by atoms with Gasteiger partial charge in [0.25, 0.3) is 11.8 Å². The lowest BCUT2D eigenvalue weighted by atomic mass is 10.3. The Morgan fingerprint density at radius 2 is 1.92 bits per heavy atom. The highest BCUT2D eigenvalue weighted by Crippen LogP contribution is 2.20. The van der Waals surface area contributed by atoms with E-state index < -0.39 is 31.1 Å². The maximum atomic E-state index is 11.2. The molecule has 2 amide bonds. The van der Waals surface area contributed by atoms with E-state index in [0.29, 0.717) is 0 Å². The molecule has 0 unspecified atom stereocenters. The third kappa shape index (κ3) is 1.79. The maximum Gasteiger partial charge on any atom is 0.268 e. The highest BCUT2D eigenvalue weighted by Gasteiger charge is 2.34. The smallest absolute Gasteiger partial charge is 0.268 e. The van der Waals surface area contributed by atoms with Gasteiger partial charge in [0.2, 0.25) is 0 Å². The van der Waals surface area contributed by atoms with Gasteiger partial charge in [0.15, 0.2) is 0 Å². The van der Waals surface area contributed by atoms with Crippen LogP contribution in [0.5, 0.6) is 0 Å². The fourth-order valence-corrected chi connectivity index (χ4v) is 1.41. The van der Waals surface area contributed by atoms with Gasteiger partial charge >= 0.3 is 0 Å². The highest BCUT2D eigenvalue weighted by molar-refractivity contribution is 9.12. The molecular weight excluding hydrogens is 242 g/mol. The molecule has 0 saturated heterocycles. The number of carbonyl (C=O) groups is 2. The molecule has 0 aromatic heterocycles. The molecule has 0 saturated carbocycles. The number of aliphatic hydroxyl groups excluding tert-OH is 2. The van der Waals surface area contributed by atoms with Crippen molar-refractivity contribution in [1.29, 1.82) is 0 Å². The van der Waals surface area contributed by atoms with Crippen molar-refractivity contribution in [2.45, 2.75) is 6.04 Å². The van der Waals surface area contributed by atoms with Gasteiger partial charge in [-0.3, -0.25) is 14.5 Å². The van der Waals surface area contributed by atoms with Crippen LogP contribution in [-0.2, 0) is 9.59 Å². The molecule has 72 valence electrons. The number of hydrogen-bond donors (Lipinski definition) is 2. The first-order valence-electron chi connectivity index (χ1n) is 3.58. The minimum atomic E-state index is -0.855. The summed E-state index contributed by atoms with van der Waals surface area (Å²) in [6, 6.07) is -0.855. The SMILES string of the molecule is O=C1C=C(Br)C(=O)N1C(CO)CO. The zero-order valence-corrected chi connectivity index (χ0v) is 8.19. The second-order valence-electron chi connectivity index (χ2n) is 2.52. The predicted octanol–water partition coefficient (Wildman–Crippen LogP) is -1.01. The average Bonchev–Trinajstić information content (AvgIpc) is 2.34. The lowest BCUT2D eigenvalue weighted by molar-refractivity contribution is -0.141. The fourth-order valence-electron chi connectivity index (χ4n) is 1.02. The molecule has 0 aromatic carbocycles. The second-order valence-corrected chi connectivity index (χ2v) is 3.38. The normalized spacial score (nSPS) is 17.2. The van der Waals surface area contributed by atoms with Crippen molar-refractivity contribution in [3.8, 4) is 0 Å². The summed E-state index contributed by atoms with van der Waals surface area (Å²) in [5.74, 6) is -1.05. The van der Waals surface area contributed by atoms with Crippen molar-refractivity contribution < 1.29 is 19.8 Å². The molecule has 0 spiro atoms. The number of halogens is 1. The Labute approximate surface area is 82.8 Å². The standard InChI is InChI=1S/C7H8BrNO4/c8-5-1-6(12)9(7(5)13)4(2-10)3-11/h1,4,10-11H,2-3H2. The molecule has 5 nitrogen and oxygen atoms in total. The van der Waals surface area contributed by atoms with E-state index in [1.807, 2.05) is 0 Å². The van der Waals surface area contributed by atoms with E-state index >= 15 is 0 Å². The van der Waals surface area contributed by atoms with Crippen LogP contribution in [0, 0.1) is 0 Å². The monoisotopic (exact) mass is 249 g/mol. The molecular formula is C7H8BrNO4. The molecule has 6 heteroatoms. The largest absolute Gasteiger partial charge is 0.394 e. The van der Waals surface area contributed by atoms with Crippen LogP contribution in [0.25, 0.3) is 0 Å². The first-order valence-corrected chi connectivity index (χ1v) is 4.37. The zero-order valence-electron chi connectivity index (χ0n) is 6.61. The number of amides is 2. The number of aliphatic hydroxyl groups is 2. The van der Waals surface area contributed by atoms with Gasteiger partial charge in [-0.25, -0.2) is 0 Å². The Morgan fingerprint density at radius 1 is 1.38 bits per heavy atom. The van der Waals surface area contributed by atoms with Crippen LogP contribution >= 0.6 is 15.9 Å². The van der Waals surface area contributed by atoms with Crippen LogP contribution in [0.3, 0.4) is 0 Å². The van der Waals surface area contributed by atoms with Gasteiger partial charge in [0.1, 0.15) is 0 Å². The molecule has 0 aliphatic carbocycles. The third-order valence-corrected chi connectivity index (χ3v) is 2.27. The molecule has 0 atom stereocenters. The van der Waals surface area contributed by atoms with Crippen molar-refractivity contribution in [3.63, 3.8) is 0 Å². The predicted molar refractivity (Wildman–Crippen MR) is 46.8 cm³/mol. The van der Waals surface area contributed by atoms with Gasteiger partial charge < -0.3 is 10.2 Å². The van der Waals surface area contributed by atoms with E-state index in [0.717, 1.165) is 11.0 Å². The summed E-state index contributed by atoms with van der Waals surface area (Å²) in [7, 11) is 0. The summed E-state index contributed by atoms with van der Waals surface area (Å²) < 4.78 is 0.143. The summed E-state index contributed by atoms with van der Waals surface area (Å²) in [4.78, 5) is 23.2. The van der Waals surface area contributed by atoms with Gasteiger partial charge in [-0.15, -0.1) is 0 Å². The summed E-state index contributed by atoms with van der Waals surface area (Å²) in [5.41, 5.74) is 0. The van der Waals surface area contributed by atoms with Crippen LogP contribution in [-0.4, -0.2) is 46.2 Å². The minimum Gasteiger partial charge on any atom is -0.394 e.